The van der Waals surface area contributed by atoms with E-state index in [0.29, 0.717) is 17.0 Å². The molecule has 2 rings (SSSR count). The van der Waals surface area contributed by atoms with E-state index in [1.807, 2.05) is 18.2 Å². The van der Waals surface area contributed by atoms with Gasteiger partial charge in [-0.05, 0) is 37.6 Å². The van der Waals surface area contributed by atoms with Crippen molar-refractivity contribution in [3.05, 3.63) is 59.7 Å². The van der Waals surface area contributed by atoms with Crippen LogP contribution in [-0.4, -0.2) is 23.1 Å². The zero-order valence-electron chi connectivity index (χ0n) is 12.4. The summed E-state index contributed by atoms with van der Waals surface area (Å²) in [5, 5.41) is 11.8. The summed E-state index contributed by atoms with van der Waals surface area (Å²) < 4.78 is 5.53. The average Bonchev–Trinajstić information content (AvgIpc) is 2.49. The van der Waals surface area contributed by atoms with Gasteiger partial charge in [-0.15, -0.1) is 0 Å². The van der Waals surface area contributed by atoms with Gasteiger partial charge < -0.3 is 15.2 Å². The lowest BCUT2D eigenvalue weighted by Gasteiger charge is -2.17. The third-order valence-electron chi connectivity index (χ3n) is 3.18. The van der Waals surface area contributed by atoms with Crippen LogP contribution >= 0.6 is 0 Å². The van der Waals surface area contributed by atoms with Crippen LogP contribution in [0.4, 0.5) is 5.69 Å². The van der Waals surface area contributed by atoms with Gasteiger partial charge in [0.15, 0.2) is 6.10 Å². The van der Waals surface area contributed by atoms with Gasteiger partial charge in [0.1, 0.15) is 5.75 Å². The molecule has 0 heterocycles. The van der Waals surface area contributed by atoms with Crippen LogP contribution in [-0.2, 0) is 4.79 Å². The predicted octanol–water partition coefficient (Wildman–Crippen LogP) is 3.10. The first-order valence-electron chi connectivity index (χ1n) is 6.84. The van der Waals surface area contributed by atoms with E-state index in [-0.39, 0.29) is 5.56 Å². The van der Waals surface area contributed by atoms with Crippen LogP contribution in [0.2, 0.25) is 0 Å². The molecule has 0 aromatic heterocycles. The van der Waals surface area contributed by atoms with Crippen molar-refractivity contribution in [2.24, 2.45) is 0 Å². The number of ether oxygens (including phenoxy) is 1. The Morgan fingerprint density at radius 3 is 2.41 bits per heavy atom. The van der Waals surface area contributed by atoms with Gasteiger partial charge in [0, 0.05) is 0 Å². The third-order valence-corrected chi connectivity index (χ3v) is 3.18. The maximum absolute atomic E-state index is 12.2. The number of para-hydroxylation sites is 2. The van der Waals surface area contributed by atoms with Crippen molar-refractivity contribution in [1.82, 2.24) is 0 Å². The summed E-state index contributed by atoms with van der Waals surface area (Å²) in [6.07, 6.45) is -0.747. The molecule has 0 fully saturated rings. The van der Waals surface area contributed by atoms with E-state index < -0.39 is 18.0 Å². The molecule has 114 valence electrons. The minimum atomic E-state index is -1.09. The third kappa shape index (κ3) is 3.63. The van der Waals surface area contributed by atoms with Gasteiger partial charge in [-0.3, -0.25) is 4.79 Å². The van der Waals surface area contributed by atoms with E-state index in [9.17, 15) is 14.7 Å². The number of hydrogen-bond acceptors (Lipinski definition) is 3. The Kier molecular flexibility index (Phi) is 4.78. The second-order valence-corrected chi connectivity index (χ2v) is 4.87. The fraction of sp³-hybridized carbons (Fsp3) is 0.176. The predicted molar refractivity (Wildman–Crippen MR) is 83.3 cm³/mol. The van der Waals surface area contributed by atoms with E-state index in [1.54, 1.807) is 38.1 Å². The van der Waals surface area contributed by atoms with Gasteiger partial charge in [0.05, 0.1) is 11.3 Å². The van der Waals surface area contributed by atoms with Crippen molar-refractivity contribution in [2.75, 3.05) is 5.32 Å². The van der Waals surface area contributed by atoms with Crippen LogP contribution in [0.5, 0.6) is 5.75 Å². The zero-order valence-corrected chi connectivity index (χ0v) is 12.4. The molecule has 1 atom stereocenters. The number of carbonyl (C=O) groups excluding carboxylic acids is 1. The molecule has 5 nitrogen and oxygen atoms in total. The monoisotopic (exact) mass is 299 g/mol. The van der Waals surface area contributed by atoms with Crippen molar-refractivity contribution < 1.29 is 19.4 Å². The van der Waals surface area contributed by atoms with Gasteiger partial charge in [-0.25, -0.2) is 4.79 Å². The van der Waals surface area contributed by atoms with Crippen molar-refractivity contribution in [2.45, 2.75) is 20.0 Å². The summed E-state index contributed by atoms with van der Waals surface area (Å²) in [6.45, 7) is 3.35. The standard InChI is InChI=1S/C17H17NO4/c1-11-7-6-10-14(17(20)21)15(11)18-16(19)12(2)22-13-8-4-3-5-9-13/h3-10,12H,1-2H3,(H,18,19)(H,20,21)/t12-/m1/s1. The minimum absolute atomic E-state index is 0.0558. The number of carboxylic acids is 1. The zero-order chi connectivity index (χ0) is 16.1. The van der Waals surface area contributed by atoms with E-state index in [0.717, 1.165) is 0 Å². The summed E-state index contributed by atoms with van der Waals surface area (Å²) >= 11 is 0. The number of hydrogen-bond donors (Lipinski definition) is 2. The first-order chi connectivity index (χ1) is 10.5. The fourth-order valence-electron chi connectivity index (χ4n) is 1.99. The van der Waals surface area contributed by atoms with Gasteiger partial charge in [0.25, 0.3) is 5.91 Å². The van der Waals surface area contributed by atoms with Crippen LogP contribution in [0.15, 0.2) is 48.5 Å². The Morgan fingerprint density at radius 1 is 1.09 bits per heavy atom. The van der Waals surface area contributed by atoms with Crippen LogP contribution in [0.3, 0.4) is 0 Å². The molecule has 0 bridgehead atoms. The highest BCUT2D eigenvalue weighted by molar-refractivity contribution is 6.02. The average molecular weight is 299 g/mol. The topological polar surface area (TPSA) is 75.6 Å². The number of carbonyl (C=O) groups is 2. The van der Waals surface area contributed by atoms with Gasteiger partial charge >= 0.3 is 5.97 Å². The lowest BCUT2D eigenvalue weighted by molar-refractivity contribution is -0.122. The summed E-state index contributed by atoms with van der Waals surface area (Å²) in [6, 6.07) is 13.8. The van der Waals surface area contributed by atoms with Gasteiger partial charge in [-0.1, -0.05) is 30.3 Å². The van der Waals surface area contributed by atoms with Crippen molar-refractivity contribution >= 4 is 17.6 Å². The molecule has 5 heteroatoms. The van der Waals surface area contributed by atoms with Crippen LogP contribution < -0.4 is 10.1 Å². The molecule has 0 saturated heterocycles. The Balaban J connectivity index is 2.14. The molecule has 0 aliphatic rings. The first-order valence-corrected chi connectivity index (χ1v) is 6.84. The maximum atomic E-state index is 12.2. The quantitative estimate of drug-likeness (QED) is 0.889. The van der Waals surface area contributed by atoms with E-state index in [2.05, 4.69) is 5.32 Å². The van der Waals surface area contributed by atoms with Gasteiger partial charge in [0.2, 0.25) is 0 Å². The van der Waals surface area contributed by atoms with E-state index >= 15 is 0 Å². The highest BCUT2D eigenvalue weighted by atomic mass is 16.5. The fourth-order valence-corrected chi connectivity index (χ4v) is 1.99. The number of amides is 1. The number of aryl methyl sites for hydroxylation is 1. The molecule has 22 heavy (non-hydrogen) atoms. The Hall–Kier alpha value is -2.82. The molecule has 2 N–H and O–H groups in total. The number of anilines is 1. The van der Waals surface area contributed by atoms with E-state index in [4.69, 9.17) is 4.74 Å². The van der Waals surface area contributed by atoms with Gasteiger partial charge in [-0.2, -0.15) is 0 Å². The largest absolute Gasteiger partial charge is 0.481 e. The molecule has 0 unspecified atom stereocenters. The molecule has 2 aromatic rings. The lowest BCUT2D eigenvalue weighted by atomic mass is 10.1. The SMILES string of the molecule is Cc1cccc(C(=O)O)c1NC(=O)[C@@H](C)Oc1ccccc1. The Labute approximate surface area is 128 Å². The molecule has 0 spiro atoms. The molecular formula is C17H17NO4. The highest BCUT2D eigenvalue weighted by Crippen LogP contribution is 2.21. The van der Waals surface area contributed by atoms with Crippen molar-refractivity contribution in [3.8, 4) is 5.75 Å². The molecule has 0 saturated carbocycles. The second-order valence-electron chi connectivity index (χ2n) is 4.87. The summed E-state index contributed by atoms with van der Waals surface area (Å²) in [4.78, 5) is 23.4. The molecule has 1 amide bonds. The van der Waals surface area contributed by atoms with E-state index in [1.165, 1.54) is 6.07 Å². The minimum Gasteiger partial charge on any atom is -0.481 e. The van der Waals surface area contributed by atoms with Crippen LogP contribution in [0.25, 0.3) is 0 Å². The number of carboxylic acid groups (broad SMARTS) is 1. The highest BCUT2D eigenvalue weighted by Gasteiger charge is 2.19. The summed E-state index contributed by atoms with van der Waals surface area (Å²) in [7, 11) is 0. The van der Waals surface area contributed by atoms with Crippen molar-refractivity contribution in [3.63, 3.8) is 0 Å². The number of nitrogens with one attached hydrogen (secondary N) is 1. The lowest BCUT2D eigenvalue weighted by Crippen LogP contribution is -2.31. The summed E-state index contributed by atoms with van der Waals surface area (Å²) in [5.41, 5.74) is 1.03. The number of rotatable bonds is 5. The van der Waals surface area contributed by atoms with Crippen LogP contribution in [0.1, 0.15) is 22.8 Å². The molecule has 0 aliphatic heterocycles. The molecular weight excluding hydrogens is 282 g/mol. The van der Waals surface area contributed by atoms with Crippen molar-refractivity contribution in [1.29, 1.82) is 0 Å². The second kappa shape index (κ2) is 6.76. The maximum Gasteiger partial charge on any atom is 0.337 e. The molecule has 2 aromatic carbocycles. The Morgan fingerprint density at radius 2 is 1.77 bits per heavy atom. The normalized spacial score (nSPS) is 11.5. The number of benzene rings is 2. The number of aromatic carboxylic acids is 1. The smallest absolute Gasteiger partial charge is 0.337 e. The first kappa shape index (κ1) is 15.6. The van der Waals surface area contributed by atoms with Crippen LogP contribution in [0, 0.1) is 6.92 Å². The summed E-state index contributed by atoms with van der Waals surface area (Å²) in [5.74, 6) is -0.912. The molecule has 0 aliphatic carbocycles. The Bertz CT molecular complexity index is 682. The molecule has 0 radical (unpaired) electrons.